The second kappa shape index (κ2) is 70.3. The average Bonchev–Trinajstić information content (AvgIpc) is 3.50. The van der Waals surface area contributed by atoms with Crippen LogP contribution in [0, 0.1) is 0 Å². The molecule has 0 N–H and O–H groups in total. The molecule has 0 spiro atoms. The van der Waals surface area contributed by atoms with E-state index >= 15 is 0 Å². The molecule has 6 heteroatoms. The summed E-state index contributed by atoms with van der Waals surface area (Å²) >= 11 is 0. The zero-order valence-electron chi connectivity index (χ0n) is 54.4. The number of unbranched alkanes of at least 4 members (excludes halogenated alkanes) is 32. The van der Waals surface area contributed by atoms with E-state index < -0.39 is 6.10 Å². The third kappa shape index (κ3) is 68.5. The maximum absolute atomic E-state index is 13.0. The lowest BCUT2D eigenvalue weighted by molar-refractivity contribution is -0.167. The van der Waals surface area contributed by atoms with Gasteiger partial charge in [-0.2, -0.15) is 0 Å². The highest BCUT2D eigenvalue weighted by Gasteiger charge is 2.19. The molecular weight excluding hydrogens is 1020 g/mol. The van der Waals surface area contributed by atoms with E-state index in [1.807, 2.05) is 0 Å². The first-order valence-electron chi connectivity index (χ1n) is 35.0. The van der Waals surface area contributed by atoms with Crippen molar-refractivity contribution in [3.05, 3.63) is 122 Å². The van der Waals surface area contributed by atoms with Gasteiger partial charge in [-0.15, -0.1) is 0 Å². The number of carbonyl (C=O) groups is 3. The van der Waals surface area contributed by atoms with Crippen LogP contribution in [-0.2, 0) is 28.6 Å². The molecule has 0 aromatic rings. The summed E-state index contributed by atoms with van der Waals surface area (Å²) in [5.74, 6) is -0.900. The minimum absolute atomic E-state index is 0.0880. The minimum Gasteiger partial charge on any atom is -0.462 e. The summed E-state index contributed by atoms with van der Waals surface area (Å²) in [6.07, 6.45) is 97.7. The van der Waals surface area contributed by atoms with Gasteiger partial charge in [0.05, 0.1) is 0 Å². The first-order valence-corrected chi connectivity index (χ1v) is 35.0. The number of rotatable bonds is 63. The largest absolute Gasteiger partial charge is 0.462 e. The number of ether oxygens (including phenoxy) is 3. The molecule has 0 aliphatic rings. The molecule has 0 saturated heterocycles. The summed E-state index contributed by atoms with van der Waals surface area (Å²) in [6, 6.07) is 0. The van der Waals surface area contributed by atoms with Crippen molar-refractivity contribution < 1.29 is 28.6 Å². The lowest BCUT2D eigenvalue weighted by Crippen LogP contribution is -2.30. The van der Waals surface area contributed by atoms with E-state index in [1.54, 1.807) is 0 Å². The fourth-order valence-corrected chi connectivity index (χ4v) is 9.68. The van der Waals surface area contributed by atoms with Gasteiger partial charge in [-0.05, 0) is 135 Å². The van der Waals surface area contributed by atoms with E-state index in [9.17, 15) is 14.4 Å². The Balaban J connectivity index is 4.43. The number of hydrogen-bond acceptors (Lipinski definition) is 6. The van der Waals surface area contributed by atoms with E-state index in [2.05, 4.69) is 142 Å². The van der Waals surface area contributed by atoms with Gasteiger partial charge in [0.15, 0.2) is 6.10 Å². The molecule has 0 amide bonds. The smallest absolute Gasteiger partial charge is 0.306 e. The van der Waals surface area contributed by atoms with Gasteiger partial charge in [-0.25, -0.2) is 0 Å². The van der Waals surface area contributed by atoms with Crippen LogP contribution in [0.5, 0.6) is 0 Å². The van der Waals surface area contributed by atoms with Crippen LogP contribution >= 0.6 is 0 Å². The molecule has 1 unspecified atom stereocenters. The SMILES string of the molecule is CC/C=C\C/C=C\C/C=C\C/C=C\C/C=C\C/C=C\CCCCCCCCC(=O)OCC(COC(=O)CCCCCCCCCCC/C=C\C/C=C\CCCCC)OC(=O)CCCCCCCCCCC/C=C\C/C=C\CCCCCCC. The molecule has 1 atom stereocenters. The zero-order chi connectivity index (χ0) is 59.9. The lowest BCUT2D eigenvalue weighted by Gasteiger charge is -2.18. The Bertz CT molecular complexity index is 1700. The maximum Gasteiger partial charge on any atom is 0.306 e. The second-order valence-electron chi connectivity index (χ2n) is 23.1. The number of carbonyl (C=O) groups excluding carboxylic acids is 3. The van der Waals surface area contributed by atoms with Crippen LogP contribution in [0.25, 0.3) is 0 Å². The van der Waals surface area contributed by atoms with Crippen LogP contribution in [0.3, 0.4) is 0 Å². The zero-order valence-corrected chi connectivity index (χ0v) is 54.4. The van der Waals surface area contributed by atoms with Crippen LogP contribution in [0.2, 0.25) is 0 Å². The molecular formula is C77H130O6. The van der Waals surface area contributed by atoms with Crippen LogP contribution in [0.1, 0.15) is 329 Å². The monoisotopic (exact) mass is 1150 g/mol. The summed E-state index contributed by atoms with van der Waals surface area (Å²) in [7, 11) is 0. The Morgan fingerprint density at radius 2 is 0.470 bits per heavy atom. The van der Waals surface area contributed by atoms with E-state index in [4.69, 9.17) is 14.2 Å². The summed E-state index contributed by atoms with van der Waals surface area (Å²) in [4.78, 5) is 38.5. The van der Waals surface area contributed by atoms with Gasteiger partial charge >= 0.3 is 17.9 Å². The fraction of sp³-hybridized carbons (Fsp3) is 0.701. The first-order chi connectivity index (χ1) is 41.0. The van der Waals surface area contributed by atoms with Gasteiger partial charge in [-0.3, -0.25) is 14.4 Å². The van der Waals surface area contributed by atoms with Crippen LogP contribution in [-0.4, -0.2) is 37.2 Å². The van der Waals surface area contributed by atoms with Gasteiger partial charge in [0.1, 0.15) is 13.2 Å². The third-order valence-corrected chi connectivity index (χ3v) is 14.9. The normalized spacial score (nSPS) is 12.9. The summed E-state index contributed by atoms with van der Waals surface area (Å²) in [5.41, 5.74) is 0. The second-order valence-corrected chi connectivity index (χ2v) is 23.1. The molecule has 0 saturated carbocycles. The minimum atomic E-state index is -0.794. The Kier molecular flexibility index (Phi) is 66.7. The van der Waals surface area contributed by atoms with E-state index in [-0.39, 0.29) is 31.1 Å². The van der Waals surface area contributed by atoms with Crippen molar-refractivity contribution in [3.63, 3.8) is 0 Å². The van der Waals surface area contributed by atoms with Gasteiger partial charge in [0.2, 0.25) is 0 Å². The van der Waals surface area contributed by atoms with Crippen molar-refractivity contribution in [3.8, 4) is 0 Å². The Morgan fingerprint density at radius 3 is 0.759 bits per heavy atom. The molecule has 0 rings (SSSR count). The van der Waals surface area contributed by atoms with Crippen LogP contribution < -0.4 is 0 Å². The Labute approximate surface area is 513 Å². The van der Waals surface area contributed by atoms with Gasteiger partial charge in [-0.1, -0.05) is 296 Å². The highest BCUT2D eigenvalue weighted by Crippen LogP contribution is 2.16. The number of allylic oxidation sites excluding steroid dienone is 20. The first kappa shape index (κ1) is 78.8. The van der Waals surface area contributed by atoms with Gasteiger partial charge < -0.3 is 14.2 Å². The highest BCUT2D eigenvalue weighted by atomic mass is 16.6. The maximum atomic E-state index is 13.0. The molecule has 474 valence electrons. The van der Waals surface area contributed by atoms with Gasteiger partial charge in [0.25, 0.3) is 0 Å². The molecule has 0 aliphatic carbocycles. The standard InChI is InChI=1S/C77H130O6/c1-4-7-10-13-16-19-22-25-28-31-34-36-37-38-39-41-43-46-49-52-55-58-61-64-67-70-76(79)82-73-74(72-81-75(78)69-66-63-60-57-54-51-48-45-42-33-30-27-24-21-18-15-12-9-6-3)83-77(80)71-68-65-62-59-56-53-50-47-44-40-35-32-29-26-23-20-17-14-11-8-5-2/h7,10,16,18-19,21,23,25-28,30,32,34-36,38-39,43,46,74H,4-6,8-9,11-15,17,20,22,24,29,31,33,37,40-42,44-45,47-73H2,1-3H3/b10-7-,19-16-,21-18-,26-23-,28-25-,30-27-,35-32-,36-34-,39-38-,46-43-. The van der Waals surface area contributed by atoms with Crippen molar-refractivity contribution in [1.29, 1.82) is 0 Å². The molecule has 0 fully saturated rings. The third-order valence-electron chi connectivity index (χ3n) is 14.9. The molecule has 0 heterocycles. The van der Waals surface area contributed by atoms with Crippen molar-refractivity contribution in [1.82, 2.24) is 0 Å². The number of hydrogen-bond donors (Lipinski definition) is 0. The van der Waals surface area contributed by atoms with Crippen molar-refractivity contribution in [2.45, 2.75) is 335 Å². The van der Waals surface area contributed by atoms with Crippen molar-refractivity contribution in [2.24, 2.45) is 0 Å². The summed E-state index contributed by atoms with van der Waals surface area (Å²) in [6.45, 7) is 6.50. The topological polar surface area (TPSA) is 78.9 Å². The summed E-state index contributed by atoms with van der Waals surface area (Å²) < 4.78 is 17.0. The summed E-state index contributed by atoms with van der Waals surface area (Å²) in [5, 5.41) is 0. The van der Waals surface area contributed by atoms with E-state index in [1.165, 1.54) is 167 Å². The van der Waals surface area contributed by atoms with Crippen molar-refractivity contribution in [2.75, 3.05) is 13.2 Å². The number of esters is 3. The molecule has 6 nitrogen and oxygen atoms in total. The molecule has 0 aromatic heterocycles. The Hall–Kier alpha value is -4.19. The molecule has 0 aromatic carbocycles. The van der Waals surface area contributed by atoms with Gasteiger partial charge in [0, 0.05) is 19.3 Å². The van der Waals surface area contributed by atoms with Crippen molar-refractivity contribution >= 4 is 17.9 Å². The van der Waals surface area contributed by atoms with Crippen LogP contribution in [0.15, 0.2) is 122 Å². The lowest BCUT2D eigenvalue weighted by atomic mass is 10.1. The molecule has 83 heavy (non-hydrogen) atoms. The fourth-order valence-electron chi connectivity index (χ4n) is 9.68. The predicted octanol–water partition coefficient (Wildman–Crippen LogP) is 24.3. The Morgan fingerprint density at radius 1 is 0.253 bits per heavy atom. The van der Waals surface area contributed by atoms with Crippen LogP contribution in [0.4, 0.5) is 0 Å². The predicted molar refractivity (Wildman–Crippen MR) is 362 cm³/mol. The quantitative estimate of drug-likeness (QED) is 0.0261. The molecule has 0 bridgehead atoms. The molecule has 0 radical (unpaired) electrons. The highest BCUT2D eigenvalue weighted by molar-refractivity contribution is 5.71. The average molecular weight is 1150 g/mol. The van der Waals surface area contributed by atoms with E-state index in [0.717, 1.165) is 122 Å². The van der Waals surface area contributed by atoms with E-state index in [0.29, 0.717) is 19.3 Å². The molecule has 0 aliphatic heterocycles.